The lowest BCUT2D eigenvalue weighted by atomic mass is 10.0. The van der Waals surface area contributed by atoms with Crippen LogP contribution in [0, 0.1) is 5.82 Å². The van der Waals surface area contributed by atoms with Crippen molar-refractivity contribution in [2.24, 2.45) is 0 Å². The molecule has 1 fully saturated rings. The average molecular weight is 280 g/mol. The van der Waals surface area contributed by atoms with Crippen LogP contribution in [0.25, 0.3) is 0 Å². The van der Waals surface area contributed by atoms with Crippen LogP contribution >= 0.6 is 0 Å². The molecule has 0 aromatic heterocycles. The van der Waals surface area contributed by atoms with E-state index in [9.17, 15) is 9.18 Å². The summed E-state index contributed by atoms with van der Waals surface area (Å²) in [5.74, 6) is -1.83. The first-order valence-corrected chi connectivity index (χ1v) is 6.88. The minimum absolute atomic E-state index is 0.251. The van der Waals surface area contributed by atoms with E-state index in [4.69, 9.17) is 5.11 Å². The number of aromatic carboxylic acids is 1. The van der Waals surface area contributed by atoms with Gasteiger partial charge in [0.1, 0.15) is 5.82 Å². The molecule has 0 spiro atoms. The van der Waals surface area contributed by atoms with Crippen molar-refractivity contribution >= 4 is 5.97 Å². The fraction of sp³-hybridized carbons (Fsp3) is 0.533. The molecule has 20 heavy (non-hydrogen) atoms. The first kappa shape index (κ1) is 14.9. The van der Waals surface area contributed by atoms with E-state index in [1.54, 1.807) is 12.1 Å². The molecule has 1 aromatic rings. The number of carbonyl (C=O) groups is 1. The summed E-state index contributed by atoms with van der Waals surface area (Å²) in [6.07, 6.45) is 2.13. The fourth-order valence-electron chi connectivity index (χ4n) is 2.70. The van der Waals surface area contributed by atoms with Gasteiger partial charge in [-0.05, 0) is 46.1 Å². The van der Waals surface area contributed by atoms with Gasteiger partial charge >= 0.3 is 5.97 Å². The molecule has 1 aromatic carbocycles. The van der Waals surface area contributed by atoms with E-state index >= 15 is 0 Å². The van der Waals surface area contributed by atoms with Gasteiger partial charge in [-0.1, -0.05) is 12.1 Å². The van der Waals surface area contributed by atoms with Crippen LogP contribution in [0.15, 0.2) is 18.2 Å². The molecule has 1 aliphatic rings. The quantitative estimate of drug-likeness (QED) is 0.916. The Labute approximate surface area is 118 Å². The first-order chi connectivity index (χ1) is 9.49. The highest BCUT2D eigenvalue weighted by Crippen LogP contribution is 2.19. The fourth-order valence-corrected chi connectivity index (χ4v) is 2.70. The summed E-state index contributed by atoms with van der Waals surface area (Å²) in [5.41, 5.74) is 0.200. The van der Waals surface area contributed by atoms with Crippen LogP contribution in [0.4, 0.5) is 4.39 Å². The van der Waals surface area contributed by atoms with E-state index in [2.05, 4.69) is 16.8 Å². The van der Waals surface area contributed by atoms with Gasteiger partial charge in [-0.15, -0.1) is 0 Å². The van der Waals surface area contributed by atoms with Crippen molar-refractivity contribution in [3.63, 3.8) is 0 Å². The van der Waals surface area contributed by atoms with E-state index < -0.39 is 11.8 Å². The van der Waals surface area contributed by atoms with E-state index in [1.807, 2.05) is 7.05 Å². The summed E-state index contributed by atoms with van der Waals surface area (Å²) in [6.45, 7) is 2.54. The van der Waals surface area contributed by atoms with Gasteiger partial charge in [-0.25, -0.2) is 9.18 Å². The van der Waals surface area contributed by atoms with Gasteiger partial charge in [-0.2, -0.15) is 0 Å². The number of piperidine rings is 1. The monoisotopic (exact) mass is 280 g/mol. The smallest absolute Gasteiger partial charge is 0.338 e. The topological polar surface area (TPSA) is 43.8 Å². The molecule has 4 nitrogen and oxygen atoms in total. The zero-order valence-electron chi connectivity index (χ0n) is 12.0. The minimum Gasteiger partial charge on any atom is -0.478 e. The molecule has 1 N–H and O–H groups in total. The van der Waals surface area contributed by atoms with Crippen LogP contribution in [0.1, 0.15) is 28.8 Å². The molecular weight excluding hydrogens is 259 g/mol. The molecular formula is C15H21FN2O2. The highest BCUT2D eigenvalue weighted by molar-refractivity contribution is 5.88. The van der Waals surface area contributed by atoms with E-state index in [1.165, 1.54) is 6.07 Å². The van der Waals surface area contributed by atoms with Gasteiger partial charge in [-0.3, -0.25) is 4.90 Å². The van der Waals surface area contributed by atoms with Crippen LogP contribution in [0.3, 0.4) is 0 Å². The molecule has 0 bridgehead atoms. The Morgan fingerprint density at radius 3 is 2.70 bits per heavy atom. The normalized spacial score (nSPS) is 17.6. The SMILES string of the molecule is CN1CCC(N(C)Cc2cccc(C(=O)O)c2F)CC1. The Morgan fingerprint density at radius 1 is 1.45 bits per heavy atom. The highest BCUT2D eigenvalue weighted by Gasteiger charge is 2.22. The second-order valence-electron chi connectivity index (χ2n) is 5.53. The van der Waals surface area contributed by atoms with Crippen LogP contribution in [-0.4, -0.2) is 54.1 Å². The third-order valence-electron chi connectivity index (χ3n) is 4.04. The molecule has 0 atom stereocenters. The zero-order valence-corrected chi connectivity index (χ0v) is 12.0. The van der Waals surface area contributed by atoms with E-state index in [0.29, 0.717) is 18.2 Å². The Bertz CT molecular complexity index is 485. The molecule has 110 valence electrons. The minimum atomic E-state index is -1.22. The van der Waals surface area contributed by atoms with Gasteiger partial charge < -0.3 is 10.0 Å². The second kappa shape index (κ2) is 6.33. The Kier molecular flexibility index (Phi) is 4.73. The van der Waals surface area contributed by atoms with Crippen LogP contribution in [-0.2, 0) is 6.54 Å². The molecule has 0 aliphatic carbocycles. The lowest BCUT2D eigenvalue weighted by molar-refractivity contribution is 0.0691. The van der Waals surface area contributed by atoms with Gasteiger partial charge in [0.15, 0.2) is 0 Å². The van der Waals surface area contributed by atoms with Crippen molar-refractivity contribution in [3.8, 4) is 0 Å². The van der Waals surface area contributed by atoms with E-state index in [-0.39, 0.29) is 5.56 Å². The standard InChI is InChI=1S/C15H21FN2O2/c1-17-8-6-12(7-9-17)18(2)10-11-4-3-5-13(14(11)16)15(19)20/h3-5,12H,6-10H2,1-2H3,(H,19,20). The number of hydrogen-bond acceptors (Lipinski definition) is 3. The average Bonchev–Trinajstić information content (AvgIpc) is 2.41. The first-order valence-electron chi connectivity index (χ1n) is 6.88. The largest absolute Gasteiger partial charge is 0.478 e. The summed E-state index contributed by atoms with van der Waals surface area (Å²) < 4.78 is 14.1. The third-order valence-corrected chi connectivity index (χ3v) is 4.04. The Morgan fingerprint density at radius 2 is 2.10 bits per heavy atom. The molecule has 1 aliphatic heterocycles. The summed E-state index contributed by atoms with van der Waals surface area (Å²) in [5, 5.41) is 8.94. The van der Waals surface area contributed by atoms with Crippen molar-refractivity contribution in [3.05, 3.63) is 35.1 Å². The molecule has 0 amide bonds. The van der Waals surface area contributed by atoms with Crippen molar-refractivity contribution in [1.29, 1.82) is 0 Å². The number of hydrogen-bond donors (Lipinski definition) is 1. The number of halogens is 1. The van der Waals surface area contributed by atoms with Gasteiger partial charge in [0.2, 0.25) is 0 Å². The number of likely N-dealkylation sites (tertiary alicyclic amines) is 1. The van der Waals surface area contributed by atoms with Gasteiger partial charge in [0.05, 0.1) is 5.56 Å². The van der Waals surface area contributed by atoms with Crippen LogP contribution < -0.4 is 0 Å². The summed E-state index contributed by atoms with van der Waals surface area (Å²) in [4.78, 5) is 15.3. The summed E-state index contributed by atoms with van der Waals surface area (Å²) >= 11 is 0. The number of nitrogens with zero attached hydrogens (tertiary/aromatic N) is 2. The molecule has 2 rings (SSSR count). The number of carboxylic acids is 1. The van der Waals surface area contributed by atoms with Gasteiger partial charge in [0, 0.05) is 18.2 Å². The molecule has 1 heterocycles. The lowest BCUT2D eigenvalue weighted by Gasteiger charge is -2.35. The summed E-state index contributed by atoms with van der Waals surface area (Å²) in [7, 11) is 4.08. The van der Waals surface area contributed by atoms with Crippen molar-refractivity contribution < 1.29 is 14.3 Å². The maximum absolute atomic E-state index is 14.1. The van der Waals surface area contributed by atoms with Gasteiger partial charge in [0.25, 0.3) is 0 Å². The maximum Gasteiger partial charge on any atom is 0.338 e. The van der Waals surface area contributed by atoms with Crippen LogP contribution in [0.5, 0.6) is 0 Å². The molecule has 1 saturated heterocycles. The van der Waals surface area contributed by atoms with Crippen LogP contribution in [0.2, 0.25) is 0 Å². The Hall–Kier alpha value is -1.46. The Balaban J connectivity index is 2.06. The predicted molar refractivity (Wildman–Crippen MR) is 75.3 cm³/mol. The number of rotatable bonds is 4. The summed E-state index contributed by atoms with van der Waals surface area (Å²) in [6, 6.07) is 4.99. The molecule has 0 saturated carbocycles. The molecule has 0 radical (unpaired) electrons. The number of benzene rings is 1. The lowest BCUT2D eigenvalue weighted by Crippen LogP contribution is -2.41. The third kappa shape index (κ3) is 3.35. The van der Waals surface area contributed by atoms with E-state index in [0.717, 1.165) is 25.9 Å². The van der Waals surface area contributed by atoms with Crippen molar-refractivity contribution in [1.82, 2.24) is 9.80 Å². The van der Waals surface area contributed by atoms with Crippen molar-refractivity contribution in [2.75, 3.05) is 27.2 Å². The predicted octanol–water partition coefficient (Wildman–Crippen LogP) is 2.05. The number of carboxylic acid groups (broad SMARTS) is 1. The maximum atomic E-state index is 14.1. The molecule has 5 heteroatoms. The zero-order chi connectivity index (χ0) is 14.7. The molecule has 0 unspecified atom stereocenters. The second-order valence-corrected chi connectivity index (χ2v) is 5.53. The van der Waals surface area contributed by atoms with Crippen molar-refractivity contribution in [2.45, 2.75) is 25.4 Å². The highest BCUT2D eigenvalue weighted by atomic mass is 19.1.